The molecule has 1 unspecified atom stereocenters. The molecule has 0 heterocycles. The van der Waals surface area contributed by atoms with Gasteiger partial charge >= 0.3 is 0 Å². The van der Waals surface area contributed by atoms with E-state index in [4.69, 9.17) is 5.73 Å². The van der Waals surface area contributed by atoms with Crippen LogP contribution >= 0.6 is 0 Å². The average Bonchev–Trinajstić information content (AvgIpc) is 2.21. The molecule has 0 aliphatic rings. The summed E-state index contributed by atoms with van der Waals surface area (Å²) in [7, 11) is 0. The van der Waals surface area contributed by atoms with E-state index < -0.39 is 0 Å². The van der Waals surface area contributed by atoms with Gasteiger partial charge in [-0.3, -0.25) is 0 Å². The van der Waals surface area contributed by atoms with E-state index >= 15 is 0 Å². The van der Waals surface area contributed by atoms with Gasteiger partial charge in [-0.05, 0) is 32.2 Å². The molecule has 98 valence electrons. The Balaban J connectivity index is 3.16. The predicted octanol–water partition coefficient (Wildman–Crippen LogP) is 3.31. The van der Waals surface area contributed by atoms with Gasteiger partial charge < -0.3 is 11.1 Å². The van der Waals surface area contributed by atoms with Crippen LogP contribution in [0, 0.1) is 5.92 Å². The fraction of sp³-hybridized carbons (Fsp3) is 1.00. The second-order valence-corrected chi connectivity index (χ2v) is 5.78. The van der Waals surface area contributed by atoms with E-state index in [9.17, 15) is 0 Å². The van der Waals surface area contributed by atoms with Crippen molar-refractivity contribution in [2.45, 2.75) is 71.8 Å². The second-order valence-electron chi connectivity index (χ2n) is 5.78. The lowest BCUT2D eigenvalue weighted by molar-refractivity contribution is 0.411. The maximum Gasteiger partial charge on any atom is 0.0249 e. The summed E-state index contributed by atoms with van der Waals surface area (Å²) in [6, 6.07) is 0. The van der Waals surface area contributed by atoms with Gasteiger partial charge in [0.2, 0.25) is 0 Å². The van der Waals surface area contributed by atoms with Gasteiger partial charge in [0.15, 0.2) is 0 Å². The minimum absolute atomic E-state index is 0.0301. The van der Waals surface area contributed by atoms with Gasteiger partial charge in [-0.25, -0.2) is 0 Å². The molecule has 2 nitrogen and oxygen atoms in total. The van der Waals surface area contributed by atoms with Crippen LogP contribution in [-0.4, -0.2) is 18.6 Å². The molecule has 0 aliphatic carbocycles. The molecule has 0 aromatic heterocycles. The van der Waals surface area contributed by atoms with Crippen molar-refractivity contribution in [2.75, 3.05) is 13.1 Å². The summed E-state index contributed by atoms with van der Waals surface area (Å²) in [6.07, 6.45) is 7.83. The van der Waals surface area contributed by atoms with Crippen LogP contribution in [0.3, 0.4) is 0 Å². The standard InChI is InChI=1S/C14H32N2/c1-5-14(4,15)12-16-11-9-7-6-8-10-13(2)3/h13,16H,5-12,15H2,1-4H3. The molecule has 0 saturated heterocycles. The van der Waals surface area contributed by atoms with Crippen molar-refractivity contribution in [3.63, 3.8) is 0 Å². The summed E-state index contributed by atoms with van der Waals surface area (Å²) >= 11 is 0. The lowest BCUT2D eigenvalue weighted by Crippen LogP contribution is -2.45. The summed E-state index contributed by atoms with van der Waals surface area (Å²) in [5.74, 6) is 0.862. The van der Waals surface area contributed by atoms with Crippen LogP contribution in [-0.2, 0) is 0 Å². The molecule has 2 heteroatoms. The van der Waals surface area contributed by atoms with Crippen LogP contribution in [0.2, 0.25) is 0 Å². The molecule has 16 heavy (non-hydrogen) atoms. The Labute approximate surface area is 102 Å². The van der Waals surface area contributed by atoms with E-state index in [0.29, 0.717) is 0 Å². The third-order valence-corrected chi connectivity index (χ3v) is 3.22. The van der Waals surface area contributed by atoms with E-state index in [-0.39, 0.29) is 5.54 Å². The molecular formula is C14H32N2. The fourth-order valence-electron chi connectivity index (χ4n) is 1.66. The Hall–Kier alpha value is -0.0800. The molecule has 3 N–H and O–H groups in total. The Bertz CT molecular complexity index is 153. The van der Waals surface area contributed by atoms with Gasteiger partial charge in [0.1, 0.15) is 0 Å². The molecule has 1 atom stereocenters. The highest BCUT2D eigenvalue weighted by Gasteiger charge is 2.13. The summed E-state index contributed by atoms with van der Waals surface area (Å²) in [6.45, 7) is 10.9. The topological polar surface area (TPSA) is 38.0 Å². The summed E-state index contributed by atoms with van der Waals surface area (Å²) in [5.41, 5.74) is 6.02. The molecule has 0 aliphatic heterocycles. The minimum Gasteiger partial charge on any atom is -0.324 e. The zero-order chi connectivity index (χ0) is 12.4. The SMILES string of the molecule is CCC(C)(N)CNCCCCCCC(C)C. The molecule has 0 aromatic carbocycles. The summed E-state index contributed by atoms with van der Waals surface area (Å²) < 4.78 is 0. The summed E-state index contributed by atoms with van der Waals surface area (Å²) in [5, 5.41) is 3.45. The van der Waals surface area contributed by atoms with Gasteiger partial charge in [0.05, 0.1) is 0 Å². The number of rotatable bonds is 10. The molecule has 0 bridgehead atoms. The van der Waals surface area contributed by atoms with Crippen molar-refractivity contribution in [3.05, 3.63) is 0 Å². The van der Waals surface area contributed by atoms with Crippen molar-refractivity contribution in [2.24, 2.45) is 11.7 Å². The monoisotopic (exact) mass is 228 g/mol. The Kier molecular flexibility index (Phi) is 8.96. The number of nitrogens with one attached hydrogen (secondary N) is 1. The average molecular weight is 228 g/mol. The van der Waals surface area contributed by atoms with Crippen molar-refractivity contribution < 1.29 is 0 Å². The fourth-order valence-corrected chi connectivity index (χ4v) is 1.66. The van der Waals surface area contributed by atoms with Crippen molar-refractivity contribution >= 4 is 0 Å². The largest absolute Gasteiger partial charge is 0.324 e. The Morgan fingerprint density at radius 1 is 1.12 bits per heavy atom. The molecule has 0 amide bonds. The molecular weight excluding hydrogens is 196 g/mol. The minimum atomic E-state index is -0.0301. The first-order valence-electron chi connectivity index (χ1n) is 6.97. The normalized spacial score (nSPS) is 15.4. The highest BCUT2D eigenvalue weighted by molar-refractivity contribution is 4.78. The highest BCUT2D eigenvalue weighted by atomic mass is 14.9. The quantitative estimate of drug-likeness (QED) is 0.563. The first-order chi connectivity index (χ1) is 7.48. The van der Waals surface area contributed by atoms with E-state index in [1.807, 2.05) is 0 Å². The zero-order valence-corrected chi connectivity index (χ0v) is 11.8. The molecule has 0 rings (SSSR count). The Morgan fingerprint density at radius 3 is 2.31 bits per heavy atom. The lowest BCUT2D eigenvalue weighted by Gasteiger charge is -2.23. The van der Waals surface area contributed by atoms with Gasteiger partial charge in [-0.15, -0.1) is 0 Å². The van der Waals surface area contributed by atoms with Crippen LogP contribution in [0.1, 0.15) is 66.2 Å². The number of hydrogen-bond acceptors (Lipinski definition) is 2. The van der Waals surface area contributed by atoms with Crippen molar-refractivity contribution in [1.29, 1.82) is 0 Å². The number of nitrogens with two attached hydrogens (primary N) is 1. The Morgan fingerprint density at radius 2 is 1.75 bits per heavy atom. The maximum atomic E-state index is 6.05. The molecule has 0 aromatic rings. The first kappa shape index (κ1) is 15.9. The molecule has 0 saturated carbocycles. The third-order valence-electron chi connectivity index (χ3n) is 3.22. The number of unbranched alkanes of at least 4 members (excludes halogenated alkanes) is 3. The summed E-state index contributed by atoms with van der Waals surface area (Å²) in [4.78, 5) is 0. The van der Waals surface area contributed by atoms with Gasteiger partial charge in [-0.2, -0.15) is 0 Å². The van der Waals surface area contributed by atoms with Gasteiger partial charge in [-0.1, -0.05) is 46.5 Å². The molecule has 0 fully saturated rings. The van der Waals surface area contributed by atoms with Crippen LogP contribution in [0.25, 0.3) is 0 Å². The highest BCUT2D eigenvalue weighted by Crippen LogP contribution is 2.09. The predicted molar refractivity (Wildman–Crippen MR) is 73.7 cm³/mol. The van der Waals surface area contributed by atoms with E-state index in [0.717, 1.165) is 25.4 Å². The van der Waals surface area contributed by atoms with E-state index in [1.54, 1.807) is 0 Å². The lowest BCUT2D eigenvalue weighted by atomic mass is 10.0. The smallest absolute Gasteiger partial charge is 0.0249 e. The van der Waals surface area contributed by atoms with E-state index in [2.05, 4.69) is 33.0 Å². The van der Waals surface area contributed by atoms with Crippen molar-refractivity contribution in [3.8, 4) is 0 Å². The zero-order valence-electron chi connectivity index (χ0n) is 11.8. The second kappa shape index (κ2) is 9.00. The van der Waals surface area contributed by atoms with Crippen LogP contribution in [0.5, 0.6) is 0 Å². The molecule has 0 radical (unpaired) electrons. The van der Waals surface area contributed by atoms with Crippen molar-refractivity contribution in [1.82, 2.24) is 5.32 Å². The van der Waals surface area contributed by atoms with Crippen LogP contribution < -0.4 is 11.1 Å². The van der Waals surface area contributed by atoms with Crippen LogP contribution in [0.4, 0.5) is 0 Å². The number of hydrogen-bond donors (Lipinski definition) is 2. The first-order valence-corrected chi connectivity index (χ1v) is 6.97. The maximum absolute atomic E-state index is 6.05. The van der Waals surface area contributed by atoms with E-state index in [1.165, 1.54) is 32.1 Å². The third kappa shape index (κ3) is 10.4. The van der Waals surface area contributed by atoms with Gasteiger partial charge in [0, 0.05) is 12.1 Å². The van der Waals surface area contributed by atoms with Gasteiger partial charge in [0.25, 0.3) is 0 Å². The molecule has 0 spiro atoms. The van der Waals surface area contributed by atoms with Crippen LogP contribution in [0.15, 0.2) is 0 Å².